The second-order valence-electron chi connectivity index (χ2n) is 4.58. The summed E-state index contributed by atoms with van der Waals surface area (Å²) in [6.07, 6.45) is 0. The molecule has 0 amide bonds. The topological polar surface area (TPSA) is 16.1 Å². The first kappa shape index (κ1) is 11.2. The number of aromatic nitrogens is 1. The van der Waals surface area contributed by atoms with Gasteiger partial charge in [0.2, 0.25) is 0 Å². The molecule has 17 heavy (non-hydrogen) atoms. The number of hydrogen-bond acceptors (Lipinski definition) is 2. The van der Waals surface area contributed by atoms with E-state index in [4.69, 9.17) is 4.98 Å². The Bertz CT molecular complexity index is 573. The van der Waals surface area contributed by atoms with Crippen molar-refractivity contribution in [3.63, 3.8) is 0 Å². The molecule has 0 bridgehead atoms. The summed E-state index contributed by atoms with van der Waals surface area (Å²) < 4.78 is 1.34. The first-order chi connectivity index (χ1) is 8.24. The van der Waals surface area contributed by atoms with E-state index in [2.05, 4.69) is 59.1 Å². The van der Waals surface area contributed by atoms with Gasteiger partial charge < -0.3 is 0 Å². The van der Waals surface area contributed by atoms with Crippen LogP contribution >= 0.6 is 0 Å². The predicted molar refractivity (Wildman–Crippen MR) is 66.7 cm³/mol. The first-order valence-electron chi connectivity index (χ1n) is 5.87. The molecule has 3 heteroatoms. The van der Waals surface area contributed by atoms with Gasteiger partial charge in [-0.3, -0.25) is 0 Å². The third-order valence-corrected chi connectivity index (χ3v) is 3.82. The average molecular weight is 261 g/mol. The van der Waals surface area contributed by atoms with Crippen molar-refractivity contribution < 1.29 is 17.0 Å². The Kier molecular flexibility index (Phi) is 2.87. The predicted octanol–water partition coefficient (Wildman–Crippen LogP) is 2.33. The molecule has 0 aliphatic carbocycles. The summed E-state index contributed by atoms with van der Waals surface area (Å²) in [6, 6.07) is 12.7. The third kappa shape index (κ3) is 2.08. The molecule has 1 aliphatic heterocycles. The number of hydrogen-bond donors (Lipinski definition) is 0. The first-order valence-corrected chi connectivity index (χ1v) is 6.57. The standard InChI is InChI=1S/C14H14N2.V/c1-2-16-9-12(10-16)14-8-7-11-5-3-4-6-13(11)15-14;/h3-8,12H,9-10H2,1H3;. The Morgan fingerprint density at radius 2 is 2.00 bits per heavy atom. The van der Waals surface area contributed by atoms with Crippen LogP contribution in [0.15, 0.2) is 36.4 Å². The summed E-state index contributed by atoms with van der Waals surface area (Å²) in [5.74, 6) is 0.596. The number of benzene rings is 1. The van der Waals surface area contributed by atoms with Gasteiger partial charge in [0.05, 0.1) is 0 Å². The second kappa shape index (κ2) is 4.37. The van der Waals surface area contributed by atoms with Crippen molar-refractivity contribution in [1.29, 1.82) is 0 Å². The fraction of sp³-hybridized carbons (Fsp3) is 0.286. The van der Waals surface area contributed by atoms with Crippen molar-refractivity contribution in [2.24, 2.45) is 0 Å². The summed E-state index contributed by atoms with van der Waals surface area (Å²) in [5, 5.41) is 1.22. The quantitative estimate of drug-likeness (QED) is 0.824. The molecule has 2 aromatic rings. The monoisotopic (exact) mass is 261 g/mol. The van der Waals surface area contributed by atoms with Crippen LogP contribution in [-0.4, -0.2) is 27.3 Å². The average Bonchev–Trinajstić information content (AvgIpc) is 2.26. The number of nitrogens with zero attached hydrogens (tertiary/aromatic N) is 2. The molecule has 0 N–H and O–H groups in total. The molecule has 0 spiro atoms. The van der Waals surface area contributed by atoms with Crippen LogP contribution in [0.1, 0.15) is 18.5 Å². The number of para-hydroxylation sites is 1. The van der Waals surface area contributed by atoms with E-state index in [-0.39, 0.29) is 0 Å². The molecule has 0 saturated carbocycles. The zero-order chi connectivity index (χ0) is 11.8. The fourth-order valence-corrected chi connectivity index (χ4v) is 2.49. The van der Waals surface area contributed by atoms with Crippen molar-refractivity contribution in [2.75, 3.05) is 13.1 Å². The molecular formula is C14H14N2V. The van der Waals surface area contributed by atoms with Crippen LogP contribution in [0, 0.1) is 0 Å². The van der Waals surface area contributed by atoms with Gasteiger partial charge in [-0.2, -0.15) is 0 Å². The van der Waals surface area contributed by atoms with Crippen LogP contribution in [0.2, 0.25) is 0 Å². The Morgan fingerprint density at radius 3 is 2.76 bits per heavy atom. The van der Waals surface area contributed by atoms with Crippen molar-refractivity contribution in [3.8, 4) is 0 Å². The molecular weight excluding hydrogens is 247 g/mol. The van der Waals surface area contributed by atoms with E-state index in [9.17, 15) is 0 Å². The molecule has 3 rings (SSSR count). The van der Waals surface area contributed by atoms with Crippen LogP contribution in [0.4, 0.5) is 0 Å². The second-order valence-corrected chi connectivity index (χ2v) is 5.59. The van der Waals surface area contributed by atoms with Gasteiger partial charge in [-0.05, 0) is 0 Å². The molecule has 1 aliphatic rings. The normalized spacial score (nSPS) is 16.9. The van der Waals surface area contributed by atoms with Crippen molar-refractivity contribution in [2.45, 2.75) is 12.8 Å². The van der Waals surface area contributed by atoms with E-state index in [1.807, 2.05) is 6.07 Å². The fourth-order valence-electron chi connectivity index (χ4n) is 2.24. The SMILES string of the molecule is C[C](=[V])N1CC(c2ccc3ccccc3n2)C1. The molecule has 0 unspecified atom stereocenters. The molecule has 2 heterocycles. The van der Waals surface area contributed by atoms with Crippen LogP contribution in [0.3, 0.4) is 0 Å². The number of rotatable bonds is 2. The molecule has 1 fully saturated rings. The maximum atomic E-state index is 4.75. The molecule has 1 aromatic heterocycles. The molecule has 2 nitrogen and oxygen atoms in total. The van der Waals surface area contributed by atoms with E-state index in [0.29, 0.717) is 5.92 Å². The van der Waals surface area contributed by atoms with E-state index < -0.39 is 0 Å². The Morgan fingerprint density at radius 1 is 1.24 bits per heavy atom. The maximum absolute atomic E-state index is 4.75. The summed E-state index contributed by atoms with van der Waals surface area (Å²) in [7, 11) is 0. The van der Waals surface area contributed by atoms with Gasteiger partial charge in [-0.25, -0.2) is 0 Å². The van der Waals surface area contributed by atoms with Gasteiger partial charge >= 0.3 is 110 Å². The number of likely N-dealkylation sites (tertiary alicyclic amines) is 1. The van der Waals surface area contributed by atoms with Crippen molar-refractivity contribution in [1.82, 2.24) is 9.88 Å². The zero-order valence-electron chi connectivity index (χ0n) is 9.80. The summed E-state index contributed by atoms with van der Waals surface area (Å²) >= 11 is 2.62. The van der Waals surface area contributed by atoms with E-state index >= 15 is 0 Å². The summed E-state index contributed by atoms with van der Waals surface area (Å²) in [5.41, 5.74) is 2.34. The van der Waals surface area contributed by atoms with Crippen molar-refractivity contribution >= 4 is 15.3 Å². The number of pyridine rings is 1. The minimum absolute atomic E-state index is 0.596. The summed E-state index contributed by atoms with van der Waals surface area (Å²) in [6.45, 7) is 4.35. The van der Waals surface area contributed by atoms with Gasteiger partial charge in [-0.15, -0.1) is 0 Å². The van der Waals surface area contributed by atoms with Gasteiger partial charge in [0.1, 0.15) is 0 Å². The molecule has 0 radical (unpaired) electrons. The Hall–Kier alpha value is -0.956. The Labute approximate surface area is 110 Å². The van der Waals surface area contributed by atoms with Gasteiger partial charge in [0.15, 0.2) is 0 Å². The minimum atomic E-state index is 0.596. The molecule has 1 aromatic carbocycles. The third-order valence-electron chi connectivity index (χ3n) is 3.38. The zero-order valence-corrected chi connectivity index (χ0v) is 11.2. The van der Waals surface area contributed by atoms with Crippen LogP contribution in [-0.2, 0) is 17.0 Å². The van der Waals surface area contributed by atoms with Gasteiger partial charge in [0, 0.05) is 0 Å². The molecule has 1 saturated heterocycles. The van der Waals surface area contributed by atoms with Crippen LogP contribution in [0.5, 0.6) is 0 Å². The molecule has 0 atom stereocenters. The Balaban J connectivity index is 1.85. The summed E-state index contributed by atoms with van der Waals surface area (Å²) in [4.78, 5) is 7.13. The molecule has 85 valence electrons. The van der Waals surface area contributed by atoms with E-state index in [0.717, 1.165) is 18.6 Å². The van der Waals surface area contributed by atoms with E-state index in [1.54, 1.807) is 0 Å². The van der Waals surface area contributed by atoms with Gasteiger partial charge in [0.25, 0.3) is 0 Å². The van der Waals surface area contributed by atoms with Crippen molar-refractivity contribution in [3.05, 3.63) is 42.1 Å². The number of fused-ring (bicyclic) bond motifs is 1. The van der Waals surface area contributed by atoms with E-state index in [1.165, 1.54) is 15.4 Å². The van der Waals surface area contributed by atoms with Crippen LogP contribution < -0.4 is 0 Å². The van der Waals surface area contributed by atoms with Crippen LogP contribution in [0.25, 0.3) is 10.9 Å². The van der Waals surface area contributed by atoms with Gasteiger partial charge in [-0.1, -0.05) is 0 Å².